The van der Waals surface area contributed by atoms with E-state index in [-0.39, 0.29) is 24.4 Å². The van der Waals surface area contributed by atoms with Crippen LogP contribution in [0, 0.1) is 0 Å². The Labute approximate surface area is 136 Å². The second-order valence-electron chi connectivity index (χ2n) is 5.40. The summed E-state index contributed by atoms with van der Waals surface area (Å²) in [5.41, 5.74) is 2.28. The minimum atomic E-state index is -2.78. The summed E-state index contributed by atoms with van der Waals surface area (Å²) in [4.78, 5) is 12.1. The molecule has 0 radical (unpaired) electrons. The average molecular weight is 382 g/mol. The second-order valence-corrected chi connectivity index (χ2v) is 6.26. The summed E-state index contributed by atoms with van der Waals surface area (Å²) in [5, 5.41) is 5.47. The van der Waals surface area contributed by atoms with Crippen molar-refractivity contribution in [2.24, 2.45) is 0 Å². The van der Waals surface area contributed by atoms with Crippen molar-refractivity contribution in [3.8, 4) is 0 Å². The summed E-state index contributed by atoms with van der Waals surface area (Å²) >= 11 is 3.50. The van der Waals surface area contributed by atoms with Crippen molar-refractivity contribution in [1.82, 2.24) is 10.6 Å². The first-order chi connectivity index (χ1) is 9.46. The minimum Gasteiger partial charge on any atom is -0.348 e. The van der Waals surface area contributed by atoms with Gasteiger partial charge in [0.1, 0.15) is 0 Å². The van der Waals surface area contributed by atoms with Gasteiger partial charge in [0.15, 0.2) is 0 Å². The van der Waals surface area contributed by atoms with Gasteiger partial charge in [0.05, 0.1) is 18.6 Å². The predicted molar refractivity (Wildman–Crippen MR) is 81.9 cm³/mol. The van der Waals surface area contributed by atoms with Crippen molar-refractivity contribution >= 4 is 34.2 Å². The molecule has 0 saturated carbocycles. The maximum absolute atomic E-state index is 13.1. The Kier molecular flexibility index (Phi) is 4.90. The minimum absolute atomic E-state index is 0. The van der Waals surface area contributed by atoms with E-state index in [1.54, 1.807) is 0 Å². The van der Waals surface area contributed by atoms with Crippen molar-refractivity contribution in [3.05, 3.63) is 33.8 Å². The molecule has 0 aromatic heterocycles. The van der Waals surface area contributed by atoms with E-state index >= 15 is 0 Å². The lowest BCUT2D eigenvalue weighted by Gasteiger charge is -2.17. The summed E-state index contributed by atoms with van der Waals surface area (Å²) in [6.45, 7) is -0.419. The topological polar surface area (TPSA) is 41.1 Å². The third-order valence-corrected chi connectivity index (χ3v) is 4.70. The van der Waals surface area contributed by atoms with Crippen LogP contribution in [0.25, 0.3) is 0 Å². The summed E-state index contributed by atoms with van der Waals surface area (Å²) in [6, 6.07) is 5.01. The van der Waals surface area contributed by atoms with E-state index in [1.165, 1.54) is 5.56 Å². The van der Waals surface area contributed by atoms with Crippen LogP contribution in [0.1, 0.15) is 30.0 Å². The molecule has 1 saturated heterocycles. The molecule has 1 amide bonds. The number of benzene rings is 1. The van der Waals surface area contributed by atoms with E-state index < -0.39 is 24.9 Å². The Morgan fingerprint density at radius 2 is 2.19 bits per heavy atom. The molecular weight excluding hydrogens is 366 g/mol. The molecule has 2 atom stereocenters. The van der Waals surface area contributed by atoms with E-state index in [0.717, 1.165) is 22.9 Å². The Bertz CT molecular complexity index is 556. The zero-order valence-electron chi connectivity index (χ0n) is 11.2. The molecule has 3 rings (SSSR count). The van der Waals surface area contributed by atoms with Gasteiger partial charge in [0, 0.05) is 10.9 Å². The first kappa shape index (κ1) is 16.6. The fourth-order valence-electron chi connectivity index (χ4n) is 2.93. The van der Waals surface area contributed by atoms with E-state index in [9.17, 15) is 13.6 Å². The zero-order valence-corrected chi connectivity index (χ0v) is 13.6. The highest BCUT2D eigenvalue weighted by atomic mass is 79.9. The highest BCUT2D eigenvalue weighted by Crippen LogP contribution is 2.36. The Morgan fingerprint density at radius 1 is 1.43 bits per heavy atom. The van der Waals surface area contributed by atoms with Crippen LogP contribution in [-0.2, 0) is 11.2 Å². The summed E-state index contributed by atoms with van der Waals surface area (Å²) in [5.74, 6) is -3.11. The van der Waals surface area contributed by atoms with Crippen LogP contribution in [-0.4, -0.2) is 24.4 Å². The van der Waals surface area contributed by atoms with Gasteiger partial charge >= 0.3 is 0 Å². The number of carbonyl (C=O) groups is 1. The second kappa shape index (κ2) is 6.18. The first-order valence-electron chi connectivity index (χ1n) is 6.65. The fraction of sp³-hybridized carbons (Fsp3) is 0.500. The third-order valence-electron chi connectivity index (χ3n) is 3.96. The van der Waals surface area contributed by atoms with Crippen LogP contribution >= 0.6 is 28.3 Å². The molecule has 3 nitrogen and oxygen atoms in total. The Balaban J connectivity index is 0.00000161. The van der Waals surface area contributed by atoms with Gasteiger partial charge in [0.25, 0.3) is 5.92 Å². The molecule has 1 aliphatic carbocycles. The number of rotatable bonds is 2. The SMILES string of the molecule is Cl.O=C(NC1CCc2c(Br)cccc21)C1CC(F)(F)CN1. The van der Waals surface area contributed by atoms with Crippen molar-refractivity contribution in [3.63, 3.8) is 0 Å². The molecule has 116 valence electrons. The standard InChI is InChI=1S/C14H15BrF2N2O.ClH/c15-10-3-1-2-9-8(10)4-5-11(9)19-13(20)12-6-14(16,17)7-18-12;/h1-3,11-12,18H,4-7H2,(H,19,20);1H. The fourth-order valence-corrected chi connectivity index (χ4v) is 3.51. The largest absolute Gasteiger partial charge is 0.348 e. The van der Waals surface area contributed by atoms with E-state index in [0.29, 0.717) is 0 Å². The Hall–Kier alpha value is -0.720. The number of carbonyl (C=O) groups excluding carboxylic acids is 1. The summed E-state index contributed by atoms with van der Waals surface area (Å²) in [7, 11) is 0. The van der Waals surface area contributed by atoms with Crippen LogP contribution in [0.15, 0.2) is 22.7 Å². The lowest BCUT2D eigenvalue weighted by atomic mass is 10.1. The molecule has 7 heteroatoms. The van der Waals surface area contributed by atoms with Crippen LogP contribution in [0.4, 0.5) is 8.78 Å². The van der Waals surface area contributed by atoms with Gasteiger partial charge in [-0.2, -0.15) is 0 Å². The number of hydrogen-bond acceptors (Lipinski definition) is 2. The molecule has 21 heavy (non-hydrogen) atoms. The lowest BCUT2D eigenvalue weighted by molar-refractivity contribution is -0.124. The van der Waals surface area contributed by atoms with Gasteiger partial charge < -0.3 is 5.32 Å². The van der Waals surface area contributed by atoms with Gasteiger partial charge in [-0.15, -0.1) is 12.4 Å². The van der Waals surface area contributed by atoms with Crippen LogP contribution in [0.2, 0.25) is 0 Å². The Morgan fingerprint density at radius 3 is 2.86 bits per heavy atom. The van der Waals surface area contributed by atoms with E-state index in [1.807, 2.05) is 18.2 Å². The summed E-state index contributed by atoms with van der Waals surface area (Å²) in [6.07, 6.45) is 1.28. The average Bonchev–Trinajstić information content (AvgIpc) is 2.95. The molecule has 0 bridgehead atoms. The number of alkyl halides is 2. The van der Waals surface area contributed by atoms with E-state index in [2.05, 4.69) is 26.6 Å². The van der Waals surface area contributed by atoms with Gasteiger partial charge in [-0.3, -0.25) is 10.1 Å². The van der Waals surface area contributed by atoms with Crippen molar-refractivity contribution in [1.29, 1.82) is 0 Å². The van der Waals surface area contributed by atoms with Gasteiger partial charge in [-0.25, -0.2) is 8.78 Å². The van der Waals surface area contributed by atoms with E-state index in [4.69, 9.17) is 0 Å². The number of halogens is 4. The molecule has 2 unspecified atom stereocenters. The molecule has 1 aromatic carbocycles. The molecule has 1 aromatic rings. The van der Waals surface area contributed by atoms with Gasteiger partial charge in [0.2, 0.25) is 5.91 Å². The highest BCUT2D eigenvalue weighted by Gasteiger charge is 2.42. The molecule has 1 fully saturated rings. The van der Waals surface area contributed by atoms with Crippen LogP contribution < -0.4 is 10.6 Å². The predicted octanol–water partition coefficient (Wildman–Crippen LogP) is 2.97. The number of nitrogens with one attached hydrogen (secondary N) is 2. The number of amides is 1. The maximum Gasteiger partial charge on any atom is 0.262 e. The number of fused-ring (bicyclic) bond motifs is 1. The van der Waals surface area contributed by atoms with Crippen molar-refractivity contribution < 1.29 is 13.6 Å². The molecular formula is C14H16BrClF2N2O. The molecule has 1 aliphatic heterocycles. The first-order valence-corrected chi connectivity index (χ1v) is 7.44. The third kappa shape index (κ3) is 3.38. The molecule has 0 spiro atoms. The highest BCUT2D eigenvalue weighted by molar-refractivity contribution is 9.10. The quantitative estimate of drug-likeness (QED) is 0.827. The van der Waals surface area contributed by atoms with Crippen LogP contribution in [0.5, 0.6) is 0 Å². The zero-order chi connectivity index (χ0) is 14.3. The molecule has 2 aliphatic rings. The van der Waals surface area contributed by atoms with Crippen molar-refractivity contribution in [2.45, 2.75) is 37.3 Å². The van der Waals surface area contributed by atoms with Crippen LogP contribution in [0.3, 0.4) is 0 Å². The van der Waals surface area contributed by atoms with Gasteiger partial charge in [-0.1, -0.05) is 28.1 Å². The molecule has 2 N–H and O–H groups in total. The summed E-state index contributed by atoms with van der Waals surface area (Å²) < 4.78 is 27.3. The molecule has 1 heterocycles. The monoisotopic (exact) mass is 380 g/mol. The normalized spacial score (nSPS) is 26.0. The smallest absolute Gasteiger partial charge is 0.262 e. The lowest BCUT2D eigenvalue weighted by Crippen LogP contribution is -2.41. The maximum atomic E-state index is 13.1. The van der Waals surface area contributed by atoms with Crippen molar-refractivity contribution in [2.75, 3.05) is 6.54 Å². The number of hydrogen-bond donors (Lipinski definition) is 2. The van der Waals surface area contributed by atoms with Gasteiger partial charge in [-0.05, 0) is 30.0 Å².